The molecular weight excluding hydrogens is 280 g/mol. The minimum atomic E-state index is -1.18. The van der Waals surface area contributed by atoms with E-state index in [0.29, 0.717) is 13.1 Å². The van der Waals surface area contributed by atoms with E-state index in [1.165, 1.54) is 4.90 Å². The number of unbranched alkanes of at least 4 members (excludes halogenated alkanes) is 1. The van der Waals surface area contributed by atoms with Gasteiger partial charge in [0.25, 0.3) is 0 Å². The first-order valence-corrected chi connectivity index (χ1v) is 7.72. The van der Waals surface area contributed by atoms with Gasteiger partial charge in [-0.25, -0.2) is 0 Å². The number of hydrogen-bond acceptors (Lipinski definition) is 3. The molecule has 1 aromatic carbocycles. The first-order chi connectivity index (χ1) is 10.6. The van der Waals surface area contributed by atoms with Gasteiger partial charge in [-0.05, 0) is 18.9 Å². The molecule has 5 nitrogen and oxygen atoms in total. The number of rotatable bonds is 6. The number of carbonyl (C=O) groups excluding carboxylic acids is 3. The fourth-order valence-electron chi connectivity index (χ4n) is 2.60. The van der Waals surface area contributed by atoms with Crippen molar-refractivity contribution in [2.24, 2.45) is 5.92 Å². The molecule has 0 saturated carbocycles. The van der Waals surface area contributed by atoms with Crippen LogP contribution in [0.25, 0.3) is 0 Å². The Labute approximate surface area is 130 Å². The highest BCUT2D eigenvalue weighted by Crippen LogP contribution is 2.23. The number of amides is 2. The largest absolute Gasteiger partial charge is 0.355 e. The fourth-order valence-corrected chi connectivity index (χ4v) is 2.60. The van der Waals surface area contributed by atoms with Crippen LogP contribution < -0.4 is 5.32 Å². The number of carbonyl (C=O) groups is 3. The predicted molar refractivity (Wildman–Crippen MR) is 82.9 cm³/mol. The molecule has 1 fully saturated rings. The molecule has 0 aromatic heterocycles. The van der Waals surface area contributed by atoms with Crippen LogP contribution >= 0.6 is 0 Å². The second-order valence-corrected chi connectivity index (χ2v) is 5.61. The molecule has 1 heterocycles. The summed E-state index contributed by atoms with van der Waals surface area (Å²) in [7, 11) is 0. The van der Waals surface area contributed by atoms with Crippen molar-refractivity contribution in [3.63, 3.8) is 0 Å². The van der Waals surface area contributed by atoms with Gasteiger partial charge in [-0.3, -0.25) is 14.4 Å². The van der Waals surface area contributed by atoms with E-state index >= 15 is 0 Å². The molecule has 1 saturated heterocycles. The van der Waals surface area contributed by atoms with E-state index in [1.54, 1.807) is 6.92 Å². The van der Waals surface area contributed by atoms with Crippen molar-refractivity contribution in [3.8, 4) is 0 Å². The van der Waals surface area contributed by atoms with Gasteiger partial charge in [-0.15, -0.1) is 0 Å². The van der Waals surface area contributed by atoms with Crippen LogP contribution in [0.4, 0.5) is 0 Å². The van der Waals surface area contributed by atoms with Gasteiger partial charge < -0.3 is 10.2 Å². The maximum Gasteiger partial charge on any atom is 0.243 e. The maximum absolute atomic E-state index is 12.4. The number of benzene rings is 1. The van der Waals surface area contributed by atoms with Crippen LogP contribution in [-0.2, 0) is 20.9 Å². The van der Waals surface area contributed by atoms with Crippen molar-refractivity contribution < 1.29 is 14.4 Å². The summed E-state index contributed by atoms with van der Waals surface area (Å²) in [5.74, 6) is -2.35. The van der Waals surface area contributed by atoms with Crippen LogP contribution in [0.2, 0.25) is 0 Å². The molecule has 0 aliphatic carbocycles. The van der Waals surface area contributed by atoms with Crippen molar-refractivity contribution in [1.29, 1.82) is 0 Å². The Morgan fingerprint density at radius 1 is 1.23 bits per heavy atom. The topological polar surface area (TPSA) is 66.5 Å². The van der Waals surface area contributed by atoms with E-state index in [2.05, 4.69) is 5.32 Å². The molecule has 1 aliphatic heterocycles. The van der Waals surface area contributed by atoms with Crippen LogP contribution in [0.15, 0.2) is 30.3 Å². The molecule has 5 heteroatoms. The summed E-state index contributed by atoms with van der Waals surface area (Å²) in [5, 5.41) is 2.68. The summed E-state index contributed by atoms with van der Waals surface area (Å²) < 4.78 is 0. The molecule has 0 unspecified atom stereocenters. The zero-order chi connectivity index (χ0) is 16.1. The predicted octanol–water partition coefficient (Wildman–Crippen LogP) is 1.52. The molecule has 2 atom stereocenters. The first-order valence-electron chi connectivity index (χ1n) is 7.72. The highest BCUT2D eigenvalue weighted by molar-refractivity contribution is 6.23. The maximum atomic E-state index is 12.4. The zero-order valence-electron chi connectivity index (χ0n) is 13.0. The summed E-state index contributed by atoms with van der Waals surface area (Å²) in [6, 6.07) is 8.91. The third-order valence-electron chi connectivity index (χ3n) is 3.98. The van der Waals surface area contributed by atoms with E-state index < -0.39 is 23.8 Å². The van der Waals surface area contributed by atoms with Gasteiger partial charge in [0.1, 0.15) is 0 Å². The third-order valence-corrected chi connectivity index (χ3v) is 3.98. The van der Waals surface area contributed by atoms with E-state index in [0.717, 1.165) is 18.4 Å². The first kappa shape index (κ1) is 16.2. The van der Waals surface area contributed by atoms with Crippen molar-refractivity contribution in [3.05, 3.63) is 35.9 Å². The van der Waals surface area contributed by atoms with Gasteiger partial charge in [0.15, 0.2) is 11.7 Å². The average Bonchev–Trinajstić information content (AvgIpc) is 2.72. The summed E-state index contributed by atoms with van der Waals surface area (Å²) in [6.07, 6.45) is 1.79. The van der Waals surface area contributed by atoms with Gasteiger partial charge in [0.05, 0.1) is 6.04 Å². The highest BCUT2D eigenvalue weighted by Gasteiger charge is 2.48. The van der Waals surface area contributed by atoms with Crippen LogP contribution in [0.5, 0.6) is 0 Å². The van der Waals surface area contributed by atoms with Crippen LogP contribution in [0, 0.1) is 5.92 Å². The molecule has 0 spiro atoms. The number of nitrogens with zero attached hydrogens (tertiary/aromatic N) is 1. The van der Waals surface area contributed by atoms with Crippen molar-refractivity contribution in [2.75, 3.05) is 6.54 Å². The number of likely N-dealkylation sites (tertiary alicyclic amines) is 1. The van der Waals surface area contributed by atoms with Gasteiger partial charge in [-0.2, -0.15) is 0 Å². The molecular formula is C17H22N2O3. The van der Waals surface area contributed by atoms with E-state index in [1.807, 2.05) is 37.3 Å². The summed E-state index contributed by atoms with van der Waals surface area (Å²) in [5.41, 5.74) is 0.947. The SMILES string of the molecule is CCCCNC(=O)[C@@H]1C(=O)[C@H](C)N(Cc2ccccc2)C1=O. The Balaban J connectivity index is 2.07. The Kier molecular flexibility index (Phi) is 5.31. The van der Waals surface area contributed by atoms with Crippen molar-refractivity contribution >= 4 is 17.6 Å². The number of hydrogen-bond donors (Lipinski definition) is 1. The Morgan fingerprint density at radius 3 is 2.55 bits per heavy atom. The van der Waals surface area contributed by atoms with E-state index in [-0.39, 0.29) is 5.78 Å². The molecule has 0 radical (unpaired) electrons. The quantitative estimate of drug-likeness (QED) is 0.640. The number of ketones is 1. The molecule has 2 amide bonds. The molecule has 2 rings (SSSR count). The lowest BCUT2D eigenvalue weighted by molar-refractivity contribution is -0.140. The van der Waals surface area contributed by atoms with Crippen LogP contribution in [0.1, 0.15) is 32.3 Å². The smallest absolute Gasteiger partial charge is 0.243 e. The van der Waals surface area contributed by atoms with E-state index in [4.69, 9.17) is 0 Å². The van der Waals surface area contributed by atoms with Crippen molar-refractivity contribution in [2.45, 2.75) is 39.3 Å². The van der Waals surface area contributed by atoms with Crippen LogP contribution in [0.3, 0.4) is 0 Å². The summed E-state index contributed by atoms with van der Waals surface area (Å²) >= 11 is 0. The Morgan fingerprint density at radius 2 is 1.91 bits per heavy atom. The van der Waals surface area contributed by atoms with E-state index in [9.17, 15) is 14.4 Å². The monoisotopic (exact) mass is 302 g/mol. The average molecular weight is 302 g/mol. The van der Waals surface area contributed by atoms with Crippen LogP contribution in [-0.4, -0.2) is 35.1 Å². The molecule has 1 aliphatic rings. The normalized spacial score (nSPS) is 21.3. The molecule has 0 bridgehead atoms. The summed E-state index contributed by atoms with van der Waals surface area (Å²) in [6.45, 7) is 4.55. The highest BCUT2D eigenvalue weighted by atomic mass is 16.2. The number of nitrogens with one attached hydrogen (secondary N) is 1. The standard InChI is InChI=1S/C17H22N2O3/c1-3-4-10-18-16(21)14-15(20)12(2)19(17(14)22)11-13-8-6-5-7-9-13/h5-9,12,14H,3-4,10-11H2,1-2H3,(H,18,21)/t12-,14-/m0/s1. The van der Waals surface area contributed by atoms with Gasteiger partial charge >= 0.3 is 0 Å². The Bertz CT molecular complexity index is 556. The second kappa shape index (κ2) is 7.20. The molecule has 1 N–H and O–H groups in total. The number of Topliss-reactive ketones (excluding diaryl/α,β-unsaturated/α-hetero) is 1. The molecule has 22 heavy (non-hydrogen) atoms. The second-order valence-electron chi connectivity index (χ2n) is 5.61. The van der Waals surface area contributed by atoms with Crippen molar-refractivity contribution in [1.82, 2.24) is 10.2 Å². The molecule has 1 aromatic rings. The fraction of sp³-hybridized carbons (Fsp3) is 0.471. The van der Waals surface area contributed by atoms with Gasteiger partial charge in [-0.1, -0.05) is 43.7 Å². The van der Waals surface area contributed by atoms with Gasteiger partial charge in [0, 0.05) is 13.1 Å². The zero-order valence-corrected chi connectivity index (χ0v) is 13.0. The minimum Gasteiger partial charge on any atom is -0.355 e. The minimum absolute atomic E-state index is 0.310. The lowest BCUT2D eigenvalue weighted by atomic mass is 10.0. The summed E-state index contributed by atoms with van der Waals surface area (Å²) in [4.78, 5) is 38.3. The lowest BCUT2D eigenvalue weighted by Crippen LogP contribution is -2.38. The third kappa shape index (κ3) is 3.35. The lowest BCUT2D eigenvalue weighted by Gasteiger charge is -2.20. The Hall–Kier alpha value is -2.17. The molecule has 118 valence electrons. The van der Waals surface area contributed by atoms with Gasteiger partial charge in [0.2, 0.25) is 11.8 Å².